The number of nitrogens with two attached hydrogens (primary N) is 1. The number of rotatable bonds is 5. The van der Waals surface area contributed by atoms with E-state index < -0.39 is 60.2 Å². The van der Waals surface area contributed by atoms with Gasteiger partial charge in [0.2, 0.25) is 0 Å². The van der Waals surface area contributed by atoms with Crippen molar-refractivity contribution in [2.45, 2.75) is 37.0 Å². The maximum absolute atomic E-state index is 13.7. The number of aromatic nitrogens is 3. The molecule has 0 aliphatic carbocycles. The standard InChI is InChI=1S/C23H20F6N6O3/c24-14-4-11(5-15(25)20(14)26)16-8-35(34-33-16)17-7-18(38-19(9-36)21(17)37)22(31-10-30)32-13-3-1-2-12(6-13)23(27,28)29/h1-6,8,10,17-19,21,36-37H,7,9H2,(H2,30,31,32). The highest BCUT2D eigenvalue weighted by molar-refractivity contribution is 5.94. The highest BCUT2D eigenvalue weighted by atomic mass is 19.4. The van der Waals surface area contributed by atoms with Gasteiger partial charge in [-0.05, 0) is 30.3 Å². The molecule has 4 atom stereocenters. The Hall–Kier alpha value is -3.82. The van der Waals surface area contributed by atoms with Gasteiger partial charge in [0.05, 0.1) is 36.4 Å². The number of hydrogen-bond donors (Lipinski definition) is 3. The zero-order valence-corrected chi connectivity index (χ0v) is 19.2. The van der Waals surface area contributed by atoms with Crippen LogP contribution in [0, 0.1) is 17.5 Å². The van der Waals surface area contributed by atoms with Gasteiger partial charge in [-0.15, -0.1) is 5.10 Å². The Labute approximate surface area is 210 Å². The maximum atomic E-state index is 13.7. The van der Waals surface area contributed by atoms with E-state index in [1.165, 1.54) is 12.3 Å². The molecule has 202 valence electrons. The van der Waals surface area contributed by atoms with E-state index in [0.717, 1.165) is 41.4 Å². The molecule has 0 amide bonds. The number of aliphatic hydroxyl groups is 2. The molecule has 2 heterocycles. The minimum Gasteiger partial charge on any atom is -0.394 e. The third kappa shape index (κ3) is 5.69. The van der Waals surface area contributed by atoms with Crippen molar-refractivity contribution >= 4 is 17.9 Å². The van der Waals surface area contributed by atoms with Gasteiger partial charge in [0.1, 0.15) is 24.0 Å². The second-order valence-electron chi connectivity index (χ2n) is 8.27. The van der Waals surface area contributed by atoms with E-state index in [-0.39, 0.29) is 29.2 Å². The van der Waals surface area contributed by atoms with Gasteiger partial charge in [-0.3, -0.25) is 0 Å². The third-order valence-corrected chi connectivity index (χ3v) is 5.79. The number of halogens is 6. The van der Waals surface area contributed by atoms with Gasteiger partial charge in [-0.25, -0.2) is 27.8 Å². The monoisotopic (exact) mass is 542 g/mol. The SMILES string of the molecule is NC=NC(=Nc1cccc(C(F)(F)F)c1)C1CC(n2cc(-c3cc(F)c(F)c(F)c3)nn2)C(O)C(CO)O1. The van der Waals surface area contributed by atoms with E-state index in [1.807, 2.05) is 0 Å². The van der Waals surface area contributed by atoms with E-state index in [4.69, 9.17) is 10.5 Å². The molecule has 1 fully saturated rings. The van der Waals surface area contributed by atoms with Crippen LogP contribution in [-0.2, 0) is 10.9 Å². The van der Waals surface area contributed by atoms with Gasteiger partial charge in [0.15, 0.2) is 23.3 Å². The summed E-state index contributed by atoms with van der Waals surface area (Å²) in [6.07, 6.45) is -6.26. The number of benzene rings is 2. The summed E-state index contributed by atoms with van der Waals surface area (Å²) in [6, 6.07) is 4.64. The van der Waals surface area contributed by atoms with Gasteiger partial charge in [0, 0.05) is 12.0 Å². The first-order chi connectivity index (χ1) is 18.0. The molecule has 0 radical (unpaired) electrons. The second-order valence-corrected chi connectivity index (χ2v) is 8.27. The van der Waals surface area contributed by atoms with Crippen LogP contribution in [0.4, 0.5) is 32.0 Å². The van der Waals surface area contributed by atoms with Crippen molar-refractivity contribution in [2.75, 3.05) is 6.61 Å². The van der Waals surface area contributed by atoms with Crippen LogP contribution in [0.3, 0.4) is 0 Å². The summed E-state index contributed by atoms with van der Waals surface area (Å²) in [7, 11) is 0. The fraction of sp³-hybridized carbons (Fsp3) is 0.304. The van der Waals surface area contributed by atoms with Gasteiger partial charge in [-0.2, -0.15) is 13.2 Å². The second kappa shape index (κ2) is 10.9. The molecule has 1 aromatic heterocycles. The number of aliphatic hydroxyl groups excluding tert-OH is 2. The van der Waals surface area contributed by atoms with Crippen molar-refractivity contribution in [3.8, 4) is 11.3 Å². The highest BCUT2D eigenvalue weighted by Crippen LogP contribution is 2.34. The van der Waals surface area contributed by atoms with Crippen molar-refractivity contribution in [3.05, 3.63) is 65.6 Å². The smallest absolute Gasteiger partial charge is 0.394 e. The van der Waals surface area contributed by atoms with Gasteiger partial charge in [-0.1, -0.05) is 11.3 Å². The van der Waals surface area contributed by atoms with Crippen molar-refractivity contribution in [3.63, 3.8) is 0 Å². The Kier molecular flexibility index (Phi) is 7.80. The van der Waals surface area contributed by atoms with E-state index in [1.54, 1.807) is 0 Å². The summed E-state index contributed by atoms with van der Waals surface area (Å²) in [5, 5.41) is 28.2. The van der Waals surface area contributed by atoms with Crippen LogP contribution in [0.1, 0.15) is 18.0 Å². The van der Waals surface area contributed by atoms with Crippen LogP contribution in [0.15, 0.2) is 52.6 Å². The molecule has 1 saturated heterocycles. The molecule has 15 heteroatoms. The fourth-order valence-electron chi connectivity index (χ4n) is 3.95. The molecule has 0 saturated carbocycles. The summed E-state index contributed by atoms with van der Waals surface area (Å²) >= 11 is 0. The Morgan fingerprint density at radius 3 is 2.53 bits per heavy atom. The number of hydrogen-bond acceptors (Lipinski definition) is 6. The average Bonchev–Trinajstić information content (AvgIpc) is 3.37. The summed E-state index contributed by atoms with van der Waals surface area (Å²) in [6.45, 7) is -0.659. The van der Waals surface area contributed by atoms with Crippen molar-refractivity contribution < 1.29 is 41.3 Å². The number of aliphatic imine (C=N–C) groups is 2. The molecule has 9 nitrogen and oxygen atoms in total. The lowest BCUT2D eigenvalue weighted by Crippen LogP contribution is -2.49. The molecule has 2 aromatic carbocycles. The first-order valence-electron chi connectivity index (χ1n) is 11.0. The van der Waals surface area contributed by atoms with Crippen molar-refractivity contribution in [1.29, 1.82) is 0 Å². The molecule has 3 aromatic rings. The largest absolute Gasteiger partial charge is 0.416 e. The Bertz CT molecular complexity index is 1340. The topological polar surface area (TPSA) is 131 Å². The Morgan fingerprint density at radius 1 is 1.18 bits per heavy atom. The molecule has 4 N–H and O–H groups in total. The molecule has 0 spiro atoms. The molecule has 4 unspecified atom stereocenters. The zero-order valence-electron chi connectivity index (χ0n) is 19.2. The lowest BCUT2D eigenvalue weighted by atomic mass is 9.95. The first kappa shape index (κ1) is 27.2. The number of amidine groups is 1. The first-order valence-corrected chi connectivity index (χ1v) is 11.0. The number of alkyl halides is 3. The molecular weight excluding hydrogens is 522 g/mol. The summed E-state index contributed by atoms with van der Waals surface area (Å²) in [4.78, 5) is 8.04. The van der Waals surface area contributed by atoms with Crippen LogP contribution in [0.2, 0.25) is 0 Å². The lowest BCUT2D eigenvalue weighted by Gasteiger charge is -2.38. The molecular formula is C23H20F6N6O3. The van der Waals surface area contributed by atoms with Gasteiger partial charge < -0.3 is 20.7 Å². The third-order valence-electron chi connectivity index (χ3n) is 5.79. The van der Waals surface area contributed by atoms with E-state index in [2.05, 4.69) is 20.3 Å². The summed E-state index contributed by atoms with van der Waals surface area (Å²) in [5.74, 6) is -4.67. The van der Waals surface area contributed by atoms with Crippen LogP contribution in [0.5, 0.6) is 0 Å². The number of nitrogens with zero attached hydrogens (tertiary/aromatic N) is 5. The van der Waals surface area contributed by atoms with Crippen LogP contribution >= 0.6 is 0 Å². The van der Waals surface area contributed by atoms with Crippen LogP contribution in [-0.4, -0.2) is 62.3 Å². The minimum absolute atomic E-state index is 0.0450. The van der Waals surface area contributed by atoms with Crippen molar-refractivity contribution in [1.82, 2.24) is 15.0 Å². The molecule has 38 heavy (non-hydrogen) atoms. The lowest BCUT2D eigenvalue weighted by molar-refractivity contribution is -0.137. The predicted octanol–water partition coefficient (Wildman–Crippen LogP) is 3.15. The van der Waals surface area contributed by atoms with E-state index in [0.29, 0.717) is 0 Å². The molecule has 4 rings (SSSR count). The Balaban J connectivity index is 1.67. The van der Waals surface area contributed by atoms with Crippen LogP contribution < -0.4 is 5.73 Å². The molecule has 1 aliphatic rings. The Morgan fingerprint density at radius 2 is 1.89 bits per heavy atom. The summed E-state index contributed by atoms with van der Waals surface area (Å²) < 4.78 is 86.9. The quantitative estimate of drug-likeness (QED) is 0.197. The minimum atomic E-state index is -4.61. The molecule has 1 aliphatic heterocycles. The van der Waals surface area contributed by atoms with Gasteiger partial charge >= 0.3 is 6.18 Å². The molecule has 0 bridgehead atoms. The van der Waals surface area contributed by atoms with Crippen molar-refractivity contribution in [2.24, 2.45) is 15.7 Å². The van der Waals surface area contributed by atoms with E-state index >= 15 is 0 Å². The van der Waals surface area contributed by atoms with Gasteiger partial charge in [0.25, 0.3) is 0 Å². The highest BCUT2D eigenvalue weighted by Gasteiger charge is 2.41. The normalized spacial score (nSPS) is 22.8. The van der Waals surface area contributed by atoms with E-state index in [9.17, 15) is 36.6 Å². The number of ether oxygens (including phenoxy) is 1. The van der Waals surface area contributed by atoms with Crippen LogP contribution in [0.25, 0.3) is 11.3 Å². The predicted molar refractivity (Wildman–Crippen MR) is 122 cm³/mol. The maximum Gasteiger partial charge on any atom is 0.416 e. The summed E-state index contributed by atoms with van der Waals surface area (Å²) in [5.41, 5.74) is 4.20. The zero-order chi connectivity index (χ0) is 27.6. The fourth-order valence-corrected chi connectivity index (χ4v) is 3.95. The average molecular weight is 542 g/mol.